The van der Waals surface area contributed by atoms with Gasteiger partial charge in [0.05, 0.1) is 31.9 Å². The van der Waals surface area contributed by atoms with Gasteiger partial charge in [-0.3, -0.25) is 4.90 Å². The minimum absolute atomic E-state index is 0.0611. The van der Waals surface area contributed by atoms with Gasteiger partial charge in [0.2, 0.25) is 0 Å². The van der Waals surface area contributed by atoms with E-state index in [2.05, 4.69) is 18.0 Å². The third-order valence-corrected chi connectivity index (χ3v) is 5.15. The van der Waals surface area contributed by atoms with Gasteiger partial charge in [-0.25, -0.2) is 0 Å². The van der Waals surface area contributed by atoms with E-state index >= 15 is 0 Å². The van der Waals surface area contributed by atoms with E-state index in [1.54, 1.807) is 14.2 Å². The zero-order chi connectivity index (χ0) is 16.8. The Balaban J connectivity index is 2.03. The molecule has 0 radical (unpaired) electrons. The van der Waals surface area contributed by atoms with Crippen LogP contribution in [0.5, 0.6) is 11.5 Å². The van der Waals surface area contributed by atoms with Gasteiger partial charge in [-0.2, -0.15) is 0 Å². The molecule has 24 heavy (non-hydrogen) atoms. The van der Waals surface area contributed by atoms with Gasteiger partial charge in [-0.05, 0) is 55.7 Å². The first kappa shape index (κ1) is 15.5. The molecule has 3 heterocycles. The molecule has 128 valence electrons. The number of benzene rings is 1. The number of methoxy groups -OCH3 is 2. The Morgan fingerprint density at radius 1 is 1.21 bits per heavy atom. The normalized spacial score (nSPS) is 25.5. The fraction of sp³-hybridized carbons (Fsp3) is 0.474. The summed E-state index contributed by atoms with van der Waals surface area (Å²) in [6.07, 6.45) is 5.77. The third kappa shape index (κ3) is 2.23. The molecule has 2 bridgehead atoms. The monoisotopic (exact) mass is 329 g/mol. The number of aliphatic hydroxyl groups excluding tert-OH is 1. The zero-order valence-corrected chi connectivity index (χ0v) is 14.3. The van der Waals surface area contributed by atoms with Crippen molar-refractivity contribution in [1.82, 2.24) is 4.90 Å². The lowest BCUT2D eigenvalue weighted by atomic mass is 9.83. The van der Waals surface area contributed by atoms with Crippen LogP contribution in [-0.4, -0.2) is 43.9 Å². The Bertz CT molecular complexity index is 737. The summed E-state index contributed by atoms with van der Waals surface area (Å²) in [5.41, 5.74) is 3.50. The Morgan fingerprint density at radius 3 is 2.75 bits per heavy atom. The molecule has 0 saturated carbocycles. The second kappa shape index (κ2) is 5.83. The lowest BCUT2D eigenvalue weighted by Gasteiger charge is -2.42. The second-order valence-corrected chi connectivity index (χ2v) is 6.60. The summed E-state index contributed by atoms with van der Waals surface area (Å²) < 4.78 is 17.5. The van der Waals surface area contributed by atoms with E-state index < -0.39 is 0 Å². The van der Waals surface area contributed by atoms with Crippen LogP contribution in [-0.2, 0) is 11.2 Å². The van der Waals surface area contributed by atoms with Crippen LogP contribution < -0.4 is 9.47 Å². The third-order valence-electron chi connectivity index (χ3n) is 5.15. The first-order valence-corrected chi connectivity index (χ1v) is 8.38. The first-order valence-electron chi connectivity index (χ1n) is 8.38. The highest BCUT2D eigenvalue weighted by Crippen LogP contribution is 2.52. The molecule has 3 aliphatic heterocycles. The van der Waals surface area contributed by atoms with E-state index in [4.69, 9.17) is 14.2 Å². The van der Waals surface area contributed by atoms with Crippen LogP contribution in [0.15, 0.2) is 24.0 Å². The molecular formula is C19H23NO4. The van der Waals surface area contributed by atoms with Crippen molar-refractivity contribution >= 4 is 5.76 Å². The van der Waals surface area contributed by atoms with E-state index in [9.17, 15) is 5.11 Å². The average molecular weight is 329 g/mol. The Hall–Kier alpha value is -1.98. The quantitative estimate of drug-likeness (QED) is 0.904. The molecule has 1 aromatic carbocycles. The summed E-state index contributed by atoms with van der Waals surface area (Å²) in [5, 5.41) is 10.1. The van der Waals surface area contributed by atoms with Gasteiger partial charge in [0.15, 0.2) is 11.5 Å². The van der Waals surface area contributed by atoms with Crippen molar-refractivity contribution in [3.8, 4) is 11.5 Å². The number of fused-ring (bicyclic) bond motifs is 4. The van der Waals surface area contributed by atoms with Crippen molar-refractivity contribution in [1.29, 1.82) is 0 Å². The summed E-state index contributed by atoms with van der Waals surface area (Å²) in [4.78, 5) is 2.30. The zero-order valence-electron chi connectivity index (χ0n) is 14.3. The van der Waals surface area contributed by atoms with Gasteiger partial charge < -0.3 is 19.3 Å². The molecule has 0 aromatic heterocycles. The topological polar surface area (TPSA) is 51.2 Å². The first-order chi connectivity index (χ1) is 11.6. The number of rotatable bonds is 2. The predicted octanol–water partition coefficient (Wildman–Crippen LogP) is 2.64. The maximum atomic E-state index is 10.1. The fourth-order valence-electron chi connectivity index (χ4n) is 3.95. The lowest BCUT2D eigenvalue weighted by Crippen LogP contribution is -2.37. The standard InChI is InChI=1S/C19H23NO4/c1-20-9-8-11-10-15(22-2)19(23-3)17-13-6-4-12(21)5-7-14(24-13)18(20)16(11)17/h6-7,10,12,18,21H,4-5,8-9H2,1-3H3/t12-,18+/m0/s1. The Labute approximate surface area is 142 Å². The minimum Gasteiger partial charge on any atom is -0.493 e. The van der Waals surface area contributed by atoms with Crippen LogP contribution in [0.2, 0.25) is 0 Å². The molecular weight excluding hydrogens is 306 g/mol. The van der Waals surface area contributed by atoms with E-state index in [0.717, 1.165) is 35.8 Å². The number of hydrogen-bond donors (Lipinski definition) is 1. The number of aliphatic hydroxyl groups is 1. The highest BCUT2D eigenvalue weighted by Gasteiger charge is 2.40. The van der Waals surface area contributed by atoms with Crippen molar-refractivity contribution in [2.45, 2.75) is 31.4 Å². The van der Waals surface area contributed by atoms with E-state index in [1.807, 2.05) is 12.2 Å². The smallest absolute Gasteiger partial charge is 0.172 e. The van der Waals surface area contributed by atoms with Gasteiger partial charge >= 0.3 is 0 Å². The van der Waals surface area contributed by atoms with Gasteiger partial charge in [-0.1, -0.05) is 0 Å². The van der Waals surface area contributed by atoms with Crippen molar-refractivity contribution in [3.63, 3.8) is 0 Å². The Morgan fingerprint density at radius 2 is 2.00 bits per heavy atom. The van der Waals surface area contributed by atoms with Crippen molar-refractivity contribution < 1.29 is 19.3 Å². The maximum absolute atomic E-state index is 10.1. The summed E-state index contributed by atoms with van der Waals surface area (Å²) in [6, 6.07) is 2.16. The Kier molecular flexibility index (Phi) is 3.77. The molecule has 0 aliphatic carbocycles. The fourth-order valence-corrected chi connectivity index (χ4v) is 3.95. The van der Waals surface area contributed by atoms with Gasteiger partial charge in [-0.15, -0.1) is 0 Å². The molecule has 2 atom stereocenters. The molecule has 4 rings (SSSR count). The molecule has 0 saturated heterocycles. The molecule has 3 aliphatic rings. The summed E-state index contributed by atoms with van der Waals surface area (Å²) in [5.74, 6) is 3.10. The molecule has 1 aromatic rings. The van der Waals surface area contributed by atoms with Crippen molar-refractivity contribution in [2.24, 2.45) is 0 Å². The number of ether oxygens (including phenoxy) is 3. The number of nitrogens with zero attached hydrogens (tertiary/aromatic N) is 1. The largest absolute Gasteiger partial charge is 0.493 e. The highest BCUT2D eigenvalue weighted by molar-refractivity contribution is 5.77. The molecule has 0 amide bonds. The molecule has 5 nitrogen and oxygen atoms in total. The summed E-state index contributed by atoms with van der Waals surface area (Å²) in [6.45, 7) is 0.953. The molecule has 1 N–H and O–H groups in total. The van der Waals surface area contributed by atoms with Crippen molar-refractivity contribution in [3.05, 3.63) is 40.7 Å². The number of hydrogen-bond acceptors (Lipinski definition) is 5. The maximum Gasteiger partial charge on any atom is 0.172 e. The SMILES string of the molecule is COc1cc2c3c(c1OC)C1=CC[C@H](O)CC=C(O1)[C@H]3N(C)CC2. The van der Waals surface area contributed by atoms with Crippen LogP contribution in [0.3, 0.4) is 0 Å². The minimum atomic E-state index is -0.384. The second-order valence-electron chi connectivity index (χ2n) is 6.60. The van der Waals surface area contributed by atoms with Crippen LogP contribution in [0.4, 0.5) is 0 Å². The molecule has 5 heteroatoms. The van der Waals surface area contributed by atoms with Crippen LogP contribution in [0.25, 0.3) is 5.76 Å². The number of likely N-dealkylation sites (N-methyl/N-ethyl adjacent to an activating group) is 1. The van der Waals surface area contributed by atoms with Gasteiger partial charge in [0.25, 0.3) is 0 Å². The van der Waals surface area contributed by atoms with E-state index in [0.29, 0.717) is 18.6 Å². The molecule has 0 spiro atoms. The van der Waals surface area contributed by atoms with Gasteiger partial charge in [0.1, 0.15) is 11.5 Å². The highest BCUT2D eigenvalue weighted by atomic mass is 16.5. The summed E-state index contributed by atoms with van der Waals surface area (Å²) in [7, 11) is 5.43. The lowest BCUT2D eigenvalue weighted by molar-refractivity contribution is 0.159. The molecule has 0 unspecified atom stereocenters. The molecule has 0 fully saturated rings. The van der Waals surface area contributed by atoms with Crippen LogP contribution >= 0.6 is 0 Å². The van der Waals surface area contributed by atoms with Crippen LogP contribution in [0.1, 0.15) is 35.6 Å². The predicted molar refractivity (Wildman–Crippen MR) is 91.0 cm³/mol. The van der Waals surface area contributed by atoms with E-state index in [1.165, 1.54) is 11.1 Å². The van der Waals surface area contributed by atoms with E-state index in [-0.39, 0.29) is 12.1 Å². The van der Waals surface area contributed by atoms with Crippen LogP contribution in [0, 0.1) is 0 Å². The summed E-state index contributed by atoms with van der Waals surface area (Å²) >= 11 is 0. The van der Waals surface area contributed by atoms with Gasteiger partial charge in [0, 0.05) is 6.54 Å². The average Bonchev–Trinajstić information content (AvgIpc) is 2.59. The van der Waals surface area contributed by atoms with Crippen molar-refractivity contribution in [2.75, 3.05) is 27.8 Å².